The molecule has 0 amide bonds. The number of para-hydroxylation sites is 1. The number of fused-ring (bicyclic) bond motifs is 1. The van der Waals surface area contributed by atoms with E-state index in [9.17, 15) is 0 Å². The molecule has 0 saturated heterocycles. The largest absolute Gasteiger partial charge is 0.319 e. The molecule has 84 valence electrons. The molecule has 1 heterocycles. The summed E-state index contributed by atoms with van der Waals surface area (Å²) in [6, 6.07) is 8.44. The topological polar surface area (TPSA) is 24.9 Å². The molecule has 1 saturated carbocycles. The molecule has 0 spiro atoms. The van der Waals surface area contributed by atoms with Gasteiger partial charge in [-0.3, -0.25) is 0 Å². The minimum atomic E-state index is 0.332. The van der Waals surface area contributed by atoms with E-state index in [0.29, 0.717) is 5.41 Å². The van der Waals surface area contributed by atoms with Gasteiger partial charge in [-0.15, -0.1) is 11.3 Å². The molecule has 0 unspecified atom stereocenters. The number of likely N-dealkylation sites (N-methyl/N-ethyl adjacent to an activating group) is 1. The zero-order valence-corrected chi connectivity index (χ0v) is 10.3. The molecule has 16 heavy (non-hydrogen) atoms. The summed E-state index contributed by atoms with van der Waals surface area (Å²) < 4.78 is 1.32. The van der Waals surface area contributed by atoms with Crippen LogP contribution in [0.4, 0.5) is 0 Å². The van der Waals surface area contributed by atoms with Crippen LogP contribution in [-0.4, -0.2) is 18.6 Å². The summed E-state index contributed by atoms with van der Waals surface area (Å²) in [4.78, 5) is 4.80. The van der Waals surface area contributed by atoms with E-state index in [1.807, 2.05) is 18.4 Å². The van der Waals surface area contributed by atoms with E-state index in [1.54, 1.807) is 0 Å². The minimum Gasteiger partial charge on any atom is -0.319 e. The fraction of sp³-hybridized carbons (Fsp3) is 0.462. The lowest BCUT2D eigenvalue weighted by molar-refractivity contribution is 0.238. The van der Waals surface area contributed by atoms with Crippen LogP contribution in [0.5, 0.6) is 0 Å². The molecule has 0 aliphatic heterocycles. The van der Waals surface area contributed by atoms with E-state index in [2.05, 4.69) is 29.6 Å². The first-order chi connectivity index (χ1) is 7.84. The zero-order valence-electron chi connectivity index (χ0n) is 9.49. The second kappa shape index (κ2) is 3.82. The van der Waals surface area contributed by atoms with Crippen LogP contribution in [0, 0.1) is 0 Å². The van der Waals surface area contributed by atoms with Crippen molar-refractivity contribution in [2.24, 2.45) is 0 Å². The van der Waals surface area contributed by atoms with Gasteiger partial charge < -0.3 is 5.32 Å². The normalized spacial score (nSPS) is 18.6. The van der Waals surface area contributed by atoms with E-state index in [0.717, 1.165) is 12.1 Å². The van der Waals surface area contributed by atoms with Gasteiger partial charge in [0.1, 0.15) is 5.01 Å². The summed E-state index contributed by atoms with van der Waals surface area (Å²) in [5.41, 5.74) is 1.49. The summed E-state index contributed by atoms with van der Waals surface area (Å²) in [7, 11) is 2.04. The number of rotatable bonds is 3. The van der Waals surface area contributed by atoms with Crippen LogP contribution in [0.1, 0.15) is 24.3 Å². The van der Waals surface area contributed by atoms with Gasteiger partial charge in [0.25, 0.3) is 0 Å². The standard InChI is InChI=1S/C13H16N2S/c1-14-9-13(7-4-8-13)12-15-10-5-2-3-6-11(10)16-12/h2-3,5-6,14H,4,7-9H2,1H3. The average molecular weight is 232 g/mol. The van der Waals surface area contributed by atoms with Gasteiger partial charge in [0.2, 0.25) is 0 Å². The first-order valence-electron chi connectivity index (χ1n) is 5.85. The van der Waals surface area contributed by atoms with Crippen molar-refractivity contribution in [1.29, 1.82) is 0 Å². The quantitative estimate of drug-likeness (QED) is 0.880. The summed E-state index contributed by atoms with van der Waals surface area (Å²) in [6.45, 7) is 1.06. The summed E-state index contributed by atoms with van der Waals surface area (Å²) in [5.74, 6) is 0. The molecule has 3 heteroatoms. The Labute approximate surface area is 99.7 Å². The smallest absolute Gasteiger partial charge is 0.101 e. The molecule has 1 aromatic carbocycles. The molecule has 0 bridgehead atoms. The number of benzene rings is 1. The Hall–Kier alpha value is -0.930. The highest BCUT2D eigenvalue weighted by atomic mass is 32.1. The second-order valence-corrected chi connectivity index (χ2v) is 5.68. The Bertz CT molecular complexity index is 466. The van der Waals surface area contributed by atoms with Gasteiger partial charge in [-0.1, -0.05) is 18.6 Å². The van der Waals surface area contributed by atoms with Gasteiger partial charge >= 0.3 is 0 Å². The van der Waals surface area contributed by atoms with Crippen LogP contribution in [-0.2, 0) is 5.41 Å². The third-order valence-corrected chi connectivity index (χ3v) is 4.86. The highest BCUT2D eigenvalue weighted by Crippen LogP contribution is 2.45. The minimum absolute atomic E-state index is 0.332. The van der Waals surface area contributed by atoms with Gasteiger partial charge in [0, 0.05) is 12.0 Å². The van der Waals surface area contributed by atoms with Gasteiger partial charge in [0.15, 0.2) is 0 Å². The van der Waals surface area contributed by atoms with Crippen LogP contribution in [0.25, 0.3) is 10.2 Å². The zero-order chi connectivity index (χ0) is 11.0. The molecule has 1 aromatic heterocycles. The maximum absolute atomic E-state index is 4.80. The molecule has 1 aliphatic carbocycles. The Balaban J connectivity index is 2.04. The predicted octanol–water partition coefficient (Wildman–Crippen LogP) is 2.94. The second-order valence-electron chi connectivity index (χ2n) is 4.65. The van der Waals surface area contributed by atoms with Gasteiger partial charge in [-0.05, 0) is 32.0 Å². The molecule has 1 fully saturated rings. The van der Waals surface area contributed by atoms with Crippen LogP contribution >= 0.6 is 11.3 Å². The fourth-order valence-corrected chi connectivity index (χ4v) is 3.72. The Morgan fingerprint density at radius 1 is 1.38 bits per heavy atom. The van der Waals surface area contributed by atoms with Crippen molar-refractivity contribution in [3.8, 4) is 0 Å². The summed E-state index contributed by atoms with van der Waals surface area (Å²) >= 11 is 1.87. The molecular weight excluding hydrogens is 216 g/mol. The van der Waals surface area contributed by atoms with Gasteiger partial charge in [-0.2, -0.15) is 0 Å². The third kappa shape index (κ3) is 1.46. The van der Waals surface area contributed by atoms with Crippen molar-refractivity contribution in [3.05, 3.63) is 29.3 Å². The number of hydrogen-bond donors (Lipinski definition) is 1. The molecule has 3 rings (SSSR count). The lowest BCUT2D eigenvalue weighted by atomic mass is 9.69. The molecular formula is C13H16N2S. The molecule has 1 N–H and O–H groups in total. The fourth-order valence-electron chi connectivity index (χ4n) is 2.51. The van der Waals surface area contributed by atoms with Crippen LogP contribution in [0.3, 0.4) is 0 Å². The number of thiazole rings is 1. The van der Waals surface area contributed by atoms with Crippen molar-refractivity contribution in [3.63, 3.8) is 0 Å². The van der Waals surface area contributed by atoms with Crippen molar-refractivity contribution in [2.45, 2.75) is 24.7 Å². The first kappa shape index (κ1) is 10.2. The monoisotopic (exact) mass is 232 g/mol. The molecule has 2 aromatic rings. The van der Waals surface area contributed by atoms with Crippen molar-refractivity contribution >= 4 is 21.6 Å². The Morgan fingerprint density at radius 3 is 2.81 bits per heavy atom. The lowest BCUT2D eigenvalue weighted by Gasteiger charge is -2.40. The van der Waals surface area contributed by atoms with Crippen molar-refractivity contribution in [2.75, 3.05) is 13.6 Å². The molecule has 2 nitrogen and oxygen atoms in total. The third-order valence-electron chi connectivity index (χ3n) is 3.57. The summed E-state index contributed by atoms with van der Waals surface area (Å²) in [5, 5.41) is 4.65. The summed E-state index contributed by atoms with van der Waals surface area (Å²) in [6.07, 6.45) is 3.92. The van der Waals surface area contributed by atoms with Crippen LogP contribution in [0.2, 0.25) is 0 Å². The van der Waals surface area contributed by atoms with E-state index in [-0.39, 0.29) is 0 Å². The predicted molar refractivity (Wildman–Crippen MR) is 69.1 cm³/mol. The first-order valence-corrected chi connectivity index (χ1v) is 6.66. The molecule has 0 atom stereocenters. The van der Waals surface area contributed by atoms with Crippen molar-refractivity contribution < 1.29 is 0 Å². The Kier molecular flexibility index (Phi) is 2.45. The van der Waals surface area contributed by atoms with E-state index in [4.69, 9.17) is 4.98 Å². The van der Waals surface area contributed by atoms with E-state index < -0.39 is 0 Å². The van der Waals surface area contributed by atoms with Gasteiger partial charge in [-0.25, -0.2) is 4.98 Å². The highest BCUT2D eigenvalue weighted by molar-refractivity contribution is 7.18. The maximum Gasteiger partial charge on any atom is 0.101 e. The SMILES string of the molecule is CNCC1(c2nc3ccccc3s2)CCC1. The number of nitrogens with one attached hydrogen (secondary N) is 1. The number of hydrogen-bond acceptors (Lipinski definition) is 3. The van der Waals surface area contributed by atoms with E-state index >= 15 is 0 Å². The Morgan fingerprint density at radius 2 is 2.19 bits per heavy atom. The lowest BCUT2D eigenvalue weighted by Crippen LogP contribution is -2.42. The average Bonchev–Trinajstić information content (AvgIpc) is 2.66. The van der Waals surface area contributed by atoms with Gasteiger partial charge in [0.05, 0.1) is 10.2 Å². The van der Waals surface area contributed by atoms with E-state index in [1.165, 1.54) is 29.0 Å². The number of nitrogens with zero attached hydrogens (tertiary/aromatic N) is 1. The highest BCUT2D eigenvalue weighted by Gasteiger charge is 2.40. The van der Waals surface area contributed by atoms with Crippen molar-refractivity contribution in [1.82, 2.24) is 10.3 Å². The number of aromatic nitrogens is 1. The molecule has 1 aliphatic rings. The molecule has 0 radical (unpaired) electrons. The van der Waals surface area contributed by atoms with Crippen LogP contribution in [0.15, 0.2) is 24.3 Å². The maximum atomic E-state index is 4.80. The van der Waals surface area contributed by atoms with Crippen LogP contribution < -0.4 is 5.32 Å².